The first-order valence-electron chi connectivity index (χ1n) is 8.71. The number of hydrogen-bond acceptors (Lipinski definition) is 3. The van der Waals surface area contributed by atoms with E-state index in [0.717, 1.165) is 25.6 Å². The highest BCUT2D eigenvalue weighted by Gasteiger charge is 2.05. The number of methoxy groups -OCH3 is 1. The number of hydrogen-bond donors (Lipinski definition) is 0. The summed E-state index contributed by atoms with van der Waals surface area (Å²) < 4.78 is 6.18. The number of thioether (sulfide) groups is 1. The Morgan fingerprint density at radius 2 is 1.57 bits per heavy atom. The van der Waals surface area contributed by atoms with Crippen LogP contribution in [-0.2, 0) is 0 Å². The van der Waals surface area contributed by atoms with Gasteiger partial charge in [-0.15, -0.1) is 0 Å². The van der Waals surface area contributed by atoms with Gasteiger partial charge in [-0.2, -0.15) is 0 Å². The average Bonchev–Trinajstić information content (AvgIpc) is 2.75. The van der Waals surface area contributed by atoms with Gasteiger partial charge in [0.05, 0.1) is 7.11 Å². The molecular weight excluding hydrogens is 432 g/mol. The van der Waals surface area contributed by atoms with Gasteiger partial charge < -0.3 is 4.74 Å². The third-order valence-electron chi connectivity index (χ3n) is 3.97. The third kappa shape index (κ3) is 5.72. The summed E-state index contributed by atoms with van der Waals surface area (Å²) >= 11 is 5.13. The molecule has 0 heterocycles. The minimum absolute atomic E-state index is 0.0417. The first-order chi connectivity index (χ1) is 13.7. The molecule has 0 unspecified atom stereocenters. The first kappa shape index (κ1) is 20.2. The molecule has 0 radical (unpaired) electrons. The van der Waals surface area contributed by atoms with Crippen LogP contribution >= 0.6 is 27.7 Å². The van der Waals surface area contributed by atoms with Crippen LogP contribution in [0.3, 0.4) is 0 Å². The van der Waals surface area contributed by atoms with Crippen LogP contribution in [0.25, 0.3) is 4.91 Å². The SMILES string of the molecule is COc1ccc(C(=O)/C=C/C=C(\Sc2ccc(Br)cc2)c2ccccc2)cc1. The van der Waals surface area contributed by atoms with Crippen molar-refractivity contribution < 1.29 is 9.53 Å². The van der Waals surface area contributed by atoms with Crippen molar-refractivity contribution in [3.63, 3.8) is 0 Å². The van der Waals surface area contributed by atoms with Gasteiger partial charge in [0.1, 0.15) is 5.75 Å². The van der Waals surface area contributed by atoms with Crippen molar-refractivity contribution >= 4 is 38.4 Å². The zero-order valence-electron chi connectivity index (χ0n) is 15.3. The van der Waals surface area contributed by atoms with Gasteiger partial charge in [-0.25, -0.2) is 0 Å². The van der Waals surface area contributed by atoms with Crippen LogP contribution in [0.15, 0.2) is 106 Å². The van der Waals surface area contributed by atoms with Crippen molar-refractivity contribution in [1.29, 1.82) is 0 Å². The van der Waals surface area contributed by atoms with Crippen LogP contribution < -0.4 is 4.74 Å². The second-order valence-electron chi connectivity index (χ2n) is 5.90. The van der Waals surface area contributed by atoms with Gasteiger partial charge in [-0.3, -0.25) is 4.79 Å². The lowest BCUT2D eigenvalue weighted by Crippen LogP contribution is -1.93. The van der Waals surface area contributed by atoms with Crippen molar-refractivity contribution in [3.8, 4) is 5.75 Å². The predicted molar refractivity (Wildman–Crippen MR) is 121 cm³/mol. The molecule has 0 spiro atoms. The van der Waals surface area contributed by atoms with Crippen molar-refractivity contribution in [2.75, 3.05) is 7.11 Å². The minimum Gasteiger partial charge on any atom is -0.497 e. The van der Waals surface area contributed by atoms with Gasteiger partial charge in [0, 0.05) is 19.8 Å². The number of carbonyl (C=O) groups excluding carboxylic acids is 1. The molecule has 0 aliphatic carbocycles. The van der Waals surface area contributed by atoms with E-state index in [2.05, 4.69) is 40.2 Å². The molecule has 0 aromatic heterocycles. The normalized spacial score (nSPS) is 11.6. The van der Waals surface area contributed by atoms with E-state index in [1.165, 1.54) is 0 Å². The van der Waals surface area contributed by atoms with E-state index in [1.807, 2.05) is 36.4 Å². The van der Waals surface area contributed by atoms with Gasteiger partial charge in [0.2, 0.25) is 0 Å². The molecule has 0 saturated heterocycles. The lowest BCUT2D eigenvalue weighted by molar-refractivity contribution is 0.104. The van der Waals surface area contributed by atoms with Crippen LogP contribution in [0.2, 0.25) is 0 Å². The molecule has 4 heteroatoms. The number of halogens is 1. The largest absolute Gasteiger partial charge is 0.497 e. The quantitative estimate of drug-likeness (QED) is 0.167. The fourth-order valence-electron chi connectivity index (χ4n) is 2.50. The van der Waals surface area contributed by atoms with Crippen LogP contribution in [0.5, 0.6) is 5.75 Å². The van der Waals surface area contributed by atoms with Gasteiger partial charge in [-0.1, -0.05) is 64.1 Å². The summed E-state index contributed by atoms with van der Waals surface area (Å²) in [5.74, 6) is 0.692. The zero-order chi connectivity index (χ0) is 19.8. The molecule has 3 aromatic carbocycles. The van der Waals surface area contributed by atoms with Gasteiger partial charge >= 0.3 is 0 Å². The Labute approximate surface area is 178 Å². The summed E-state index contributed by atoms with van der Waals surface area (Å²) in [6, 6.07) is 25.4. The van der Waals surface area contributed by atoms with E-state index in [1.54, 1.807) is 55.3 Å². The van der Waals surface area contributed by atoms with Crippen LogP contribution in [-0.4, -0.2) is 12.9 Å². The Bertz CT molecular complexity index is 975. The monoisotopic (exact) mass is 450 g/mol. The number of ketones is 1. The maximum atomic E-state index is 12.4. The molecule has 2 nitrogen and oxygen atoms in total. The van der Waals surface area contributed by atoms with Gasteiger partial charge in [0.15, 0.2) is 5.78 Å². The highest BCUT2D eigenvalue weighted by Crippen LogP contribution is 2.34. The smallest absolute Gasteiger partial charge is 0.185 e. The Kier molecular flexibility index (Phi) is 7.29. The molecule has 140 valence electrons. The molecular formula is C24H19BrO2S. The summed E-state index contributed by atoms with van der Waals surface area (Å²) in [6.45, 7) is 0. The van der Waals surface area contributed by atoms with Gasteiger partial charge in [-0.05, 0) is 66.2 Å². The van der Waals surface area contributed by atoms with Crippen molar-refractivity contribution in [1.82, 2.24) is 0 Å². The fraction of sp³-hybridized carbons (Fsp3) is 0.0417. The Morgan fingerprint density at radius 3 is 2.21 bits per heavy atom. The van der Waals surface area contributed by atoms with E-state index in [9.17, 15) is 4.79 Å². The predicted octanol–water partition coefficient (Wildman–Crippen LogP) is 7.03. The topological polar surface area (TPSA) is 26.3 Å². The summed E-state index contributed by atoms with van der Waals surface area (Å²) in [5.41, 5.74) is 1.74. The molecule has 0 amide bonds. The van der Waals surface area contributed by atoms with Crippen molar-refractivity contribution in [3.05, 3.63) is 113 Å². The summed E-state index contributed by atoms with van der Waals surface area (Å²) in [5, 5.41) is 0. The maximum absolute atomic E-state index is 12.4. The first-order valence-corrected chi connectivity index (χ1v) is 10.3. The molecule has 0 aliphatic rings. The number of benzene rings is 3. The molecule has 0 saturated carbocycles. The molecule has 3 aromatic rings. The standard InChI is InChI=1S/C24H19BrO2S/c1-27-21-14-10-18(11-15-21)23(26)8-5-9-24(19-6-3-2-4-7-19)28-22-16-12-20(25)13-17-22/h2-17H,1H3/b8-5+,24-9-. The van der Waals surface area contributed by atoms with E-state index in [0.29, 0.717) is 5.56 Å². The van der Waals surface area contributed by atoms with Crippen molar-refractivity contribution in [2.45, 2.75) is 4.90 Å². The summed E-state index contributed by atoms with van der Waals surface area (Å²) in [6.07, 6.45) is 5.37. The average molecular weight is 451 g/mol. The molecule has 3 rings (SSSR count). The summed E-state index contributed by atoms with van der Waals surface area (Å²) in [4.78, 5) is 14.6. The van der Waals surface area contributed by atoms with Gasteiger partial charge in [0.25, 0.3) is 0 Å². The second-order valence-corrected chi connectivity index (χ2v) is 7.94. The number of allylic oxidation sites excluding steroid dienone is 3. The minimum atomic E-state index is -0.0417. The lowest BCUT2D eigenvalue weighted by atomic mass is 10.1. The van der Waals surface area contributed by atoms with Crippen LogP contribution in [0, 0.1) is 0 Å². The Hall–Kier alpha value is -2.56. The third-order valence-corrected chi connectivity index (χ3v) is 5.60. The maximum Gasteiger partial charge on any atom is 0.185 e. The zero-order valence-corrected chi connectivity index (χ0v) is 17.7. The Morgan fingerprint density at radius 1 is 0.893 bits per heavy atom. The van der Waals surface area contributed by atoms with E-state index >= 15 is 0 Å². The second kappa shape index (κ2) is 10.1. The molecule has 28 heavy (non-hydrogen) atoms. The van der Waals surface area contributed by atoms with Crippen molar-refractivity contribution in [2.24, 2.45) is 0 Å². The Balaban J connectivity index is 1.80. The highest BCUT2D eigenvalue weighted by molar-refractivity contribution is 9.10. The van der Waals surface area contributed by atoms with E-state index in [4.69, 9.17) is 4.74 Å². The molecule has 0 N–H and O–H groups in total. The lowest BCUT2D eigenvalue weighted by Gasteiger charge is -2.07. The molecule has 0 atom stereocenters. The number of carbonyl (C=O) groups is 1. The van der Waals surface area contributed by atoms with E-state index < -0.39 is 0 Å². The highest BCUT2D eigenvalue weighted by atomic mass is 79.9. The molecule has 0 fully saturated rings. The molecule has 0 bridgehead atoms. The van der Waals surface area contributed by atoms with Crippen LogP contribution in [0.4, 0.5) is 0 Å². The van der Waals surface area contributed by atoms with E-state index in [-0.39, 0.29) is 5.78 Å². The number of ether oxygens (including phenoxy) is 1. The fourth-order valence-corrected chi connectivity index (χ4v) is 3.69. The summed E-state index contributed by atoms with van der Waals surface area (Å²) in [7, 11) is 1.61. The van der Waals surface area contributed by atoms with Crippen LogP contribution in [0.1, 0.15) is 15.9 Å². The molecule has 0 aliphatic heterocycles. The number of rotatable bonds is 7.